The fourth-order valence-electron chi connectivity index (χ4n) is 7.98. The Morgan fingerprint density at radius 3 is 1.41 bits per heavy atom. The maximum atomic E-state index is 12.9. The summed E-state index contributed by atoms with van der Waals surface area (Å²) in [5.41, 5.74) is 0. The maximum Gasteiger partial charge on any atom is 0.220 e. The first-order chi connectivity index (χ1) is 28.8. The van der Waals surface area contributed by atoms with Crippen molar-refractivity contribution in [2.24, 2.45) is 0 Å². The molecule has 1 heterocycles. The number of aliphatic hydroxyl groups is 5. The van der Waals surface area contributed by atoms with Gasteiger partial charge in [-0.15, -0.1) is 0 Å². The van der Waals surface area contributed by atoms with Crippen LogP contribution in [0.25, 0.3) is 0 Å². The van der Waals surface area contributed by atoms with Crippen molar-refractivity contribution < 1.29 is 39.8 Å². The Hall–Kier alpha value is -1.33. The largest absolute Gasteiger partial charge is 0.394 e. The zero-order valence-corrected chi connectivity index (χ0v) is 38.3. The van der Waals surface area contributed by atoms with E-state index in [2.05, 4.69) is 31.3 Å². The summed E-state index contributed by atoms with van der Waals surface area (Å²) in [6, 6.07) is -0.815. The molecule has 1 saturated heterocycles. The van der Waals surface area contributed by atoms with Crippen LogP contribution in [0, 0.1) is 0 Å². The van der Waals surface area contributed by atoms with Crippen LogP contribution in [0.5, 0.6) is 0 Å². The minimum Gasteiger partial charge on any atom is -0.394 e. The number of hydrogen-bond acceptors (Lipinski definition) is 8. The van der Waals surface area contributed by atoms with E-state index in [1.54, 1.807) is 6.08 Å². The highest BCUT2D eigenvalue weighted by Gasteiger charge is 2.44. The summed E-state index contributed by atoms with van der Waals surface area (Å²) in [4.78, 5) is 12.9. The molecule has 1 amide bonds. The van der Waals surface area contributed by atoms with Gasteiger partial charge in [-0.25, -0.2) is 0 Å². The third kappa shape index (κ3) is 31.2. The van der Waals surface area contributed by atoms with E-state index in [1.165, 1.54) is 167 Å². The summed E-state index contributed by atoms with van der Waals surface area (Å²) in [5, 5.41) is 54.0. The molecule has 1 aliphatic rings. The van der Waals surface area contributed by atoms with Crippen LogP contribution >= 0.6 is 0 Å². The molecule has 348 valence electrons. The van der Waals surface area contributed by atoms with Crippen molar-refractivity contribution in [2.75, 3.05) is 13.2 Å². The Bertz CT molecular complexity index is 977. The quantitative estimate of drug-likeness (QED) is 0.0263. The molecule has 0 aromatic carbocycles. The van der Waals surface area contributed by atoms with Gasteiger partial charge in [0.15, 0.2) is 6.29 Å². The molecule has 7 atom stereocenters. The lowest BCUT2D eigenvalue weighted by Crippen LogP contribution is -2.60. The Morgan fingerprint density at radius 2 is 0.966 bits per heavy atom. The Balaban J connectivity index is 2.11. The second kappa shape index (κ2) is 40.7. The summed E-state index contributed by atoms with van der Waals surface area (Å²) in [7, 11) is 0. The molecule has 0 aromatic rings. The second-order valence-corrected chi connectivity index (χ2v) is 17.6. The number of amides is 1. The van der Waals surface area contributed by atoms with Gasteiger partial charge in [0.25, 0.3) is 0 Å². The highest BCUT2D eigenvalue weighted by molar-refractivity contribution is 5.76. The predicted molar refractivity (Wildman–Crippen MR) is 244 cm³/mol. The van der Waals surface area contributed by atoms with Crippen LogP contribution in [0.4, 0.5) is 0 Å². The summed E-state index contributed by atoms with van der Waals surface area (Å²) in [6.07, 6.45) is 42.8. The summed E-state index contributed by atoms with van der Waals surface area (Å²) in [5.74, 6) is -0.187. The maximum absolute atomic E-state index is 12.9. The van der Waals surface area contributed by atoms with Crippen LogP contribution < -0.4 is 5.32 Å². The smallest absolute Gasteiger partial charge is 0.220 e. The SMILES string of the molecule is CCCC/C=C/CC/C=C/C(O)C(COC1OC(CO)C(O)C(O)C1O)NC(=O)CCCCCCCCCCCCCCCCCCCCCCCCCCCCCC. The van der Waals surface area contributed by atoms with Gasteiger partial charge in [0, 0.05) is 6.42 Å². The minimum absolute atomic E-state index is 0.187. The first-order valence-electron chi connectivity index (χ1n) is 25.1. The lowest BCUT2D eigenvalue weighted by atomic mass is 9.99. The third-order valence-electron chi connectivity index (χ3n) is 12.0. The first kappa shape index (κ1) is 55.7. The molecule has 0 saturated carbocycles. The van der Waals surface area contributed by atoms with Gasteiger partial charge in [0.2, 0.25) is 5.91 Å². The Labute approximate surface area is 362 Å². The Morgan fingerprint density at radius 1 is 0.559 bits per heavy atom. The molecule has 6 N–H and O–H groups in total. The van der Waals surface area contributed by atoms with Crippen molar-refractivity contribution in [1.82, 2.24) is 5.32 Å². The number of aliphatic hydroxyl groups excluding tert-OH is 5. The second-order valence-electron chi connectivity index (χ2n) is 17.6. The van der Waals surface area contributed by atoms with Crippen molar-refractivity contribution in [1.29, 1.82) is 0 Å². The van der Waals surface area contributed by atoms with Crippen molar-refractivity contribution in [3.05, 3.63) is 24.3 Å². The summed E-state index contributed by atoms with van der Waals surface area (Å²) >= 11 is 0. The van der Waals surface area contributed by atoms with Crippen LogP contribution in [-0.2, 0) is 14.3 Å². The topological polar surface area (TPSA) is 149 Å². The molecular weight excluding hydrogens is 743 g/mol. The molecule has 9 nitrogen and oxygen atoms in total. The van der Waals surface area contributed by atoms with Crippen molar-refractivity contribution in [3.8, 4) is 0 Å². The van der Waals surface area contributed by atoms with E-state index in [9.17, 15) is 30.3 Å². The van der Waals surface area contributed by atoms with Crippen LogP contribution in [0.3, 0.4) is 0 Å². The average Bonchev–Trinajstić information content (AvgIpc) is 3.23. The summed E-state index contributed by atoms with van der Waals surface area (Å²) in [6.45, 7) is 3.69. The molecule has 1 fully saturated rings. The lowest BCUT2D eigenvalue weighted by Gasteiger charge is -2.40. The van der Waals surface area contributed by atoms with Crippen molar-refractivity contribution in [2.45, 2.75) is 275 Å². The molecule has 0 radical (unpaired) electrons. The van der Waals surface area contributed by atoms with E-state index in [0.29, 0.717) is 6.42 Å². The molecule has 0 aliphatic carbocycles. The average molecular weight is 838 g/mol. The van der Waals surface area contributed by atoms with Gasteiger partial charge < -0.3 is 40.3 Å². The molecule has 1 aliphatic heterocycles. The predicted octanol–water partition coefficient (Wildman–Crippen LogP) is 11.1. The van der Waals surface area contributed by atoms with Gasteiger partial charge in [-0.1, -0.05) is 224 Å². The molecular formula is C50H95NO8. The van der Waals surface area contributed by atoms with E-state index in [4.69, 9.17) is 9.47 Å². The van der Waals surface area contributed by atoms with Crippen molar-refractivity contribution >= 4 is 5.91 Å². The summed E-state index contributed by atoms with van der Waals surface area (Å²) < 4.78 is 11.2. The van der Waals surface area contributed by atoms with E-state index < -0.39 is 49.5 Å². The van der Waals surface area contributed by atoms with E-state index in [1.807, 2.05) is 6.08 Å². The van der Waals surface area contributed by atoms with Crippen LogP contribution in [0.15, 0.2) is 24.3 Å². The first-order valence-corrected chi connectivity index (χ1v) is 25.1. The zero-order chi connectivity index (χ0) is 43.0. The number of carbonyl (C=O) groups is 1. The van der Waals surface area contributed by atoms with Crippen LogP contribution in [-0.4, -0.2) is 87.5 Å². The van der Waals surface area contributed by atoms with Gasteiger partial charge in [0.05, 0.1) is 25.4 Å². The standard InChI is InChI=1S/C50H95NO8/c1-3-5-7-9-11-13-14-15-16-17-18-19-20-21-22-23-24-25-26-27-28-29-30-31-32-34-36-38-40-46(54)51-43(44(53)39-37-35-33-12-10-8-6-4-2)42-58-50-49(57)48(56)47(55)45(41-52)59-50/h10,12,37,39,43-45,47-50,52-53,55-57H,3-9,11,13-36,38,40-42H2,1-2H3,(H,51,54)/b12-10+,39-37+. The minimum atomic E-state index is -1.57. The highest BCUT2D eigenvalue weighted by atomic mass is 16.7. The van der Waals surface area contributed by atoms with Gasteiger partial charge in [-0.05, 0) is 25.7 Å². The van der Waals surface area contributed by atoms with Crippen LogP contribution in [0.1, 0.15) is 232 Å². The van der Waals surface area contributed by atoms with Gasteiger partial charge in [0.1, 0.15) is 24.4 Å². The normalized spacial score (nSPS) is 20.8. The Kier molecular flexibility index (Phi) is 38.4. The number of nitrogens with one attached hydrogen (secondary N) is 1. The fraction of sp³-hybridized carbons (Fsp3) is 0.900. The molecule has 7 unspecified atom stereocenters. The fourth-order valence-corrected chi connectivity index (χ4v) is 7.98. The highest BCUT2D eigenvalue weighted by Crippen LogP contribution is 2.23. The van der Waals surface area contributed by atoms with Gasteiger partial charge in [-0.3, -0.25) is 4.79 Å². The van der Waals surface area contributed by atoms with E-state index >= 15 is 0 Å². The number of rotatable bonds is 42. The monoisotopic (exact) mass is 838 g/mol. The zero-order valence-electron chi connectivity index (χ0n) is 38.3. The van der Waals surface area contributed by atoms with Gasteiger partial charge >= 0.3 is 0 Å². The molecule has 0 bridgehead atoms. The molecule has 0 aromatic heterocycles. The van der Waals surface area contributed by atoms with E-state index in [-0.39, 0.29) is 12.5 Å². The number of carbonyl (C=O) groups excluding carboxylic acids is 1. The molecule has 1 rings (SSSR count). The molecule has 0 spiro atoms. The third-order valence-corrected chi connectivity index (χ3v) is 12.0. The molecule has 59 heavy (non-hydrogen) atoms. The van der Waals surface area contributed by atoms with Crippen LogP contribution in [0.2, 0.25) is 0 Å². The number of allylic oxidation sites excluding steroid dienone is 3. The van der Waals surface area contributed by atoms with Crippen molar-refractivity contribution in [3.63, 3.8) is 0 Å². The molecule has 9 heteroatoms. The van der Waals surface area contributed by atoms with E-state index in [0.717, 1.165) is 44.9 Å². The van der Waals surface area contributed by atoms with Gasteiger partial charge in [-0.2, -0.15) is 0 Å². The lowest BCUT2D eigenvalue weighted by molar-refractivity contribution is -0.302. The number of ether oxygens (including phenoxy) is 2. The number of unbranched alkanes of at least 4 members (excludes halogenated alkanes) is 30. The number of hydrogen-bond donors (Lipinski definition) is 6.